The summed E-state index contributed by atoms with van der Waals surface area (Å²) < 4.78 is 6.60. The maximum Gasteiger partial charge on any atom is 0.173 e. The first-order chi connectivity index (χ1) is 9.79. The van der Waals surface area contributed by atoms with Crippen LogP contribution in [0.25, 0.3) is 10.7 Å². The molecule has 0 aliphatic carbocycles. The molecule has 0 saturated carbocycles. The van der Waals surface area contributed by atoms with Crippen molar-refractivity contribution in [2.75, 3.05) is 18.5 Å². The van der Waals surface area contributed by atoms with Gasteiger partial charge in [-0.05, 0) is 33.8 Å². The molecule has 0 atom stereocenters. The van der Waals surface area contributed by atoms with Gasteiger partial charge in [0, 0.05) is 23.0 Å². The normalized spacial score (nSPS) is 14.1. The van der Waals surface area contributed by atoms with Crippen LogP contribution in [-0.4, -0.2) is 23.1 Å². The molecule has 106 valence electrons. The molecule has 3 rings (SSSR count). The molecule has 4 nitrogen and oxygen atoms in total. The molecule has 2 aromatic heterocycles. The van der Waals surface area contributed by atoms with E-state index in [0.717, 1.165) is 58.2 Å². The van der Waals surface area contributed by atoms with E-state index >= 15 is 0 Å². The van der Waals surface area contributed by atoms with Gasteiger partial charge in [0.1, 0.15) is 5.82 Å². The monoisotopic (exact) mass is 353 g/mol. The summed E-state index contributed by atoms with van der Waals surface area (Å²) in [6.45, 7) is 4.40. The number of hydrogen-bond donors (Lipinski definition) is 1. The zero-order valence-corrected chi connectivity index (χ0v) is 13.7. The fourth-order valence-corrected chi connectivity index (χ4v) is 3.66. The standard InChI is InChI=1S/C14H16BrN3OS/c1-2-5-16-13-9-8-19-6-3-11(9)17-14(18-13)12-10(15)4-7-20-12/h4,7H,2-3,5-6,8H2,1H3,(H,16,17,18). The molecule has 0 spiro atoms. The second-order valence-corrected chi connectivity index (χ2v) is 6.42. The van der Waals surface area contributed by atoms with Crippen LogP contribution in [0.1, 0.15) is 24.6 Å². The van der Waals surface area contributed by atoms with E-state index in [1.807, 2.05) is 11.4 Å². The van der Waals surface area contributed by atoms with Crippen molar-refractivity contribution in [2.45, 2.75) is 26.4 Å². The Balaban J connectivity index is 2.05. The molecule has 0 fully saturated rings. The van der Waals surface area contributed by atoms with E-state index in [0.29, 0.717) is 6.61 Å². The van der Waals surface area contributed by atoms with Crippen molar-refractivity contribution >= 4 is 33.1 Å². The molecule has 1 N–H and O–H groups in total. The van der Waals surface area contributed by atoms with Crippen molar-refractivity contribution in [2.24, 2.45) is 0 Å². The zero-order chi connectivity index (χ0) is 13.9. The van der Waals surface area contributed by atoms with E-state index in [1.165, 1.54) is 0 Å². The van der Waals surface area contributed by atoms with Crippen LogP contribution >= 0.6 is 27.3 Å². The van der Waals surface area contributed by atoms with Crippen molar-refractivity contribution in [1.29, 1.82) is 0 Å². The third-order valence-electron chi connectivity index (χ3n) is 3.19. The third kappa shape index (κ3) is 2.73. The summed E-state index contributed by atoms with van der Waals surface area (Å²) in [5, 5.41) is 5.45. The van der Waals surface area contributed by atoms with Crippen molar-refractivity contribution in [3.05, 3.63) is 27.2 Å². The van der Waals surface area contributed by atoms with Crippen molar-refractivity contribution in [3.63, 3.8) is 0 Å². The molecule has 20 heavy (non-hydrogen) atoms. The van der Waals surface area contributed by atoms with E-state index in [9.17, 15) is 0 Å². The minimum atomic E-state index is 0.604. The van der Waals surface area contributed by atoms with Crippen LogP contribution in [0, 0.1) is 0 Å². The third-order valence-corrected chi connectivity index (χ3v) is 5.02. The van der Waals surface area contributed by atoms with Crippen LogP contribution in [-0.2, 0) is 17.8 Å². The first-order valence-electron chi connectivity index (χ1n) is 6.74. The average Bonchev–Trinajstić information content (AvgIpc) is 2.90. The van der Waals surface area contributed by atoms with Gasteiger partial charge in [0.15, 0.2) is 5.82 Å². The molecule has 0 aromatic carbocycles. The summed E-state index contributed by atoms with van der Waals surface area (Å²) in [5.41, 5.74) is 2.22. The minimum Gasteiger partial charge on any atom is -0.376 e. The highest BCUT2D eigenvalue weighted by atomic mass is 79.9. The van der Waals surface area contributed by atoms with Gasteiger partial charge in [0.2, 0.25) is 0 Å². The smallest absolute Gasteiger partial charge is 0.173 e. The van der Waals surface area contributed by atoms with Gasteiger partial charge >= 0.3 is 0 Å². The van der Waals surface area contributed by atoms with Crippen molar-refractivity contribution in [3.8, 4) is 10.7 Å². The van der Waals surface area contributed by atoms with Crippen LogP contribution in [0.15, 0.2) is 15.9 Å². The number of aromatic nitrogens is 2. The maximum atomic E-state index is 5.54. The summed E-state index contributed by atoms with van der Waals surface area (Å²) in [5.74, 6) is 1.72. The van der Waals surface area contributed by atoms with Crippen molar-refractivity contribution < 1.29 is 4.74 Å². The molecule has 1 aliphatic heterocycles. The van der Waals surface area contributed by atoms with Gasteiger partial charge < -0.3 is 10.1 Å². The molecule has 0 amide bonds. The van der Waals surface area contributed by atoms with E-state index in [4.69, 9.17) is 14.7 Å². The van der Waals surface area contributed by atoms with Crippen LogP contribution < -0.4 is 5.32 Å². The highest BCUT2D eigenvalue weighted by Crippen LogP contribution is 2.33. The Morgan fingerprint density at radius 2 is 2.35 bits per heavy atom. The van der Waals surface area contributed by atoms with Gasteiger partial charge in [0.05, 0.1) is 23.8 Å². The topological polar surface area (TPSA) is 47.0 Å². The number of nitrogens with one attached hydrogen (secondary N) is 1. The number of nitrogens with zero attached hydrogens (tertiary/aromatic N) is 2. The van der Waals surface area contributed by atoms with E-state index < -0.39 is 0 Å². The number of hydrogen-bond acceptors (Lipinski definition) is 5. The van der Waals surface area contributed by atoms with Gasteiger partial charge in [-0.25, -0.2) is 9.97 Å². The first-order valence-corrected chi connectivity index (χ1v) is 8.41. The summed E-state index contributed by atoms with van der Waals surface area (Å²) in [7, 11) is 0. The second-order valence-electron chi connectivity index (χ2n) is 4.65. The molecule has 2 aromatic rings. The Bertz CT molecular complexity index is 614. The van der Waals surface area contributed by atoms with Gasteiger partial charge in [0.25, 0.3) is 0 Å². The number of anilines is 1. The Hall–Kier alpha value is -0.980. The molecule has 0 radical (unpaired) electrons. The Kier molecular flexibility index (Phi) is 4.33. The van der Waals surface area contributed by atoms with Gasteiger partial charge in [-0.2, -0.15) is 0 Å². The predicted molar refractivity (Wildman–Crippen MR) is 85.2 cm³/mol. The molecule has 1 aliphatic rings. The van der Waals surface area contributed by atoms with E-state index in [-0.39, 0.29) is 0 Å². The highest BCUT2D eigenvalue weighted by molar-refractivity contribution is 9.10. The Morgan fingerprint density at radius 3 is 3.10 bits per heavy atom. The average molecular weight is 354 g/mol. The quantitative estimate of drug-likeness (QED) is 0.906. The number of halogens is 1. The molecule has 0 bridgehead atoms. The largest absolute Gasteiger partial charge is 0.376 e. The number of thiophene rings is 1. The fraction of sp³-hybridized carbons (Fsp3) is 0.429. The lowest BCUT2D eigenvalue weighted by Crippen LogP contribution is -2.17. The zero-order valence-electron chi connectivity index (χ0n) is 11.3. The molecule has 0 saturated heterocycles. The Labute approximate surface area is 130 Å². The van der Waals surface area contributed by atoms with E-state index in [2.05, 4.69) is 28.2 Å². The van der Waals surface area contributed by atoms with Gasteiger partial charge in [-0.15, -0.1) is 11.3 Å². The summed E-state index contributed by atoms with van der Waals surface area (Å²) in [6.07, 6.45) is 1.92. The van der Waals surface area contributed by atoms with Crippen LogP contribution in [0.4, 0.5) is 5.82 Å². The molecule has 3 heterocycles. The predicted octanol–water partition coefficient (Wildman–Crippen LogP) is 3.86. The SMILES string of the molecule is CCCNc1nc(-c2sccc2Br)nc2c1COCC2. The lowest BCUT2D eigenvalue weighted by Gasteiger charge is -2.20. The van der Waals surface area contributed by atoms with Gasteiger partial charge in [-0.3, -0.25) is 0 Å². The van der Waals surface area contributed by atoms with Crippen molar-refractivity contribution in [1.82, 2.24) is 9.97 Å². The summed E-state index contributed by atoms with van der Waals surface area (Å²) in [6, 6.07) is 2.03. The molecular formula is C14H16BrN3OS. The number of fused-ring (bicyclic) bond motifs is 1. The molecule has 6 heteroatoms. The molecule has 0 unspecified atom stereocenters. The highest BCUT2D eigenvalue weighted by Gasteiger charge is 2.20. The van der Waals surface area contributed by atoms with Crippen LogP contribution in [0.5, 0.6) is 0 Å². The minimum absolute atomic E-state index is 0.604. The summed E-state index contributed by atoms with van der Waals surface area (Å²) >= 11 is 5.22. The molecular weight excluding hydrogens is 338 g/mol. The summed E-state index contributed by atoms with van der Waals surface area (Å²) in [4.78, 5) is 10.5. The maximum absolute atomic E-state index is 5.54. The number of ether oxygens (including phenoxy) is 1. The lowest BCUT2D eigenvalue weighted by molar-refractivity contribution is 0.109. The van der Waals surface area contributed by atoms with Crippen LogP contribution in [0.3, 0.4) is 0 Å². The van der Waals surface area contributed by atoms with Crippen LogP contribution in [0.2, 0.25) is 0 Å². The lowest BCUT2D eigenvalue weighted by atomic mass is 10.1. The first kappa shape index (κ1) is 14.0. The fourth-order valence-electron chi connectivity index (χ4n) is 2.18. The second kappa shape index (κ2) is 6.20. The van der Waals surface area contributed by atoms with Gasteiger partial charge in [-0.1, -0.05) is 6.92 Å². The number of rotatable bonds is 4. The van der Waals surface area contributed by atoms with E-state index in [1.54, 1.807) is 11.3 Å². The Morgan fingerprint density at radius 1 is 1.45 bits per heavy atom.